The van der Waals surface area contributed by atoms with Crippen molar-refractivity contribution >= 4 is 0 Å². The fourth-order valence-electron chi connectivity index (χ4n) is 2.85. The highest BCUT2D eigenvalue weighted by Gasteiger charge is 2.11. The summed E-state index contributed by atoms with van der Waals surface area (Å²) in [6, 6.07) is 16.1. The molecule has 0 bridgehead atoms. The van der Waals surface area contributed by atoms with Crippen LogP contribution in [-0.2, 0) is 17.6 Å². The number of aryl methyl sites for hydroxylation is 2. The topological polar surface area (TPSA) is 51.2 Å². The number of benzene rings is 2. The van der Waals surface area contributed by atoms with Crippen molar-refractivity contribution < 1.29 is 19.3 Å². The number of rotatable bonds is 9. The first-order valence-electron chi connectivity index (χ1n) is 9.01. The Morgan fingerprint density at radius 2 is 1.74 bits per heavy atom. The highest BCUT2D eigenvalue weighted by atomic mass is 16.5. The molecule has 2 aromatic rings. The number of aliphatic hydroxyl groups is 1. The number of hydrogen-bond acceptors (Lipinski definition) is 5. The van der Waals surface area contributed by atoms with Gasteiger partial charge in [0.25, 0.3) is 0 Å². The minimum absolute atomic E-state index is 0.235. The van der Waals surface area contributed by atoms with Crippen molar-refractivity contribution in [3.8, 4) is 11.5 Å². The number of methoxy groups -OCH3 is 1. The molecule has 1 heterocycles. The van der Waals surface area contributed by atoms with Crippen LogP contribution in [0.3, 0.4) is 0 Å². The van der Waals surface area contributed by atoms with Crippen LogP contribution in [0.2, 0.25) is 0 Å². The summed E-state index contributed by atoms with van der Waals surface area (Å²) in [5, 5.41) is 10.2. The number of para-hydroxylation sites is 1. The predicted molar refractivity (Wildman–Crippen MR) is 104 cm³/mol. The summed E-state index contributed by atoms with van der Waals surface area (Å²) in [6.45, 7) is 0.683. The highest BCUT2D eigenvalue weighted by Crippen LogP contribution is 2.21. The predicted octanol–water partition coefficient (Wildman–Crippen LogP) is 3.49. The Bertz CT molecular complexity index is 758. The molecule has 142 valence electrons. The van der Waals surface area contributed by atoms with Crippen LogP contribution in [0.15, 0.2) is 73.5 Å². The summed E-state index contributed by atoms with van der Waals surface area (Å²) in [5.74, 6) is 1.68. The number of nitrogens with zero attached hydrogens (tertiary/aromatic N) is 1. The van der Waals surface area contributed by atoms with Crippen LogP contribution >= 0.6 is 0 Å². The van der Waals surface area contributed by atoms with E-state index in [4.69, 9.17) is 14.2 Å². The number of aliphatic hydroxyl groups excluding tert-OH is 1. The molecule has 0 amide bonds. The van der Waals surface area contributed by atoms with Gasteiger partial charge in [0.15, 0.2) is 0 Å². The van der Waals surface area contributed by atoms with E-state index in [0.29, 0.717) is 6.54 Å². The van der Waals surface area contributed by atoms with Gasteiger partial charge in [0, 0.05) is 12.4 Å². The van der Waals surface area contributed by atoms with E-state index in [9.17, 15) is 5.11 Å². The average Bonchev–Trinajstić information content (AvgIpc) is 2.72. The van der Waals surface area contributed by atoms with Crippen LogP contribution in [0.5, 0.6) is 11.5 Å². The molecule has 27 heavy (non-hydrogen) atoms. The zero-order valence-corrected chi connectivity index (χ0v) is 15.5. The smallest absolute Gasteiger partial charge is 0.122 e. The van der Waals surface area contributed by atoms with Crippen LogP contribution < -0.4 is 9.47 Å². The molecular formula is C22H25NO4. The third-order valence-electron chi connectivity index (χ3n) is 4.33. The monoisotopic (exact) mass is 367 g/mol. The van der Waals surface area contributed by atoms with Gasteiger partial charge in [-0.15, -0.1) is 0 Å². The fourth-order valence-corrected chi connectivity index (χ4v) is 2.85. The molecule has 2 aromatic carbocycles. The lowest BCUT2D eigenvalue weighted by atomic mass is 10.0. The van der Waals surface area contributed by atoms with Gasteiger partial charge in [-0.1, -0.05) is 30.3 Å². The second kappa shape index (κ2) is 9.69. The van der Waals surface area contributed by atoms with Crippen molar-refractivity contribution in [2.45, 2.75) is 18.9 Å². The minimum atomic E-state index is -0.605. The molecule has 1 atom stereocenters. The molecule has 3 rings (SSSR count). The molecular weight excluding hydrogens is 342 g/mol. The van der Waals surface area contributed by atoms with E-state index in [1.807, 2.05) is 35.2 Å². The molecule has 1 aliphatic heterocycles. The normalized spacial score (nSPS) is 13.9. The number of hydrogen-bond donors (Lipinski definition) is 1. The van der Waals surface area contributed by atoms with E-state index in [1.165, 1.54) is 5.56 Å². The summed E-state index contributed by atoms with van der Waals surface area (Å²) in [5.41, 5.74) is 2.38. The molecule has 1 aliphatic rings. The fraction of sp³-hybridized carbons (Fsp3) is 0.273. The van der Waals surface area contributed by atoms with Crippen molar-refractivity contribution in [1.82, 2.24) is 4.90 Å². The molecule has 0 aromatic heterocycles. The minimum Gasteiger partial charge on any atom is -0.497 e. The molecule has 0 spiro atoms. The van der Waals surface area contributed by atoms with Crippen LogP contribution in [-0.4, -0.2) is 36.4 Å². The van der Waals surface area contributed by atoms with Gasteiger partial charge in [0.05, 0.1) is 13.7 Å². The van der Waals surface area contributed by atoms with Crippen LogP contribution in [0.1, 0.15) is 11.1 Å². The molecule has 0 aliphatic carbocycles. The SMILES string of the molecule is COc1ccc(CCc2ccccc2OC[C@@H](O)CN2C=COC=C2)cc1. The van der Waals surface area contributed by atoms with Gasteiger partial charge in [-0.25, -0.2) is 0 Å². The highest BCUT2D eigenvalue weighted by molar-refractivity contribution is 5.35. The Morgan fingerprint density at radius 3 is 2.48 bits per heavy atom. The van der Waals surface area contributed by atoms with Gasteiger partial charge in [-0.3, -0.25) is 0 Å². The lowest BCUT2D eigenvalue weighted by Crippen LogP contribution is -2.30. The molecule has 1 N–H and O–H groups in total. The molecule has 0 fully saturated rings. The molecule has 0 radical (unpaired) electrons. The Kier molecular flexibility index (Phi) is 6.77. The molecule has 0 saturated carbocycles. The van der Waals surface area contributed by atoms with Gasteiger partial charge < -0.3 is 24.2 Å². The number of β-amino-alcohol motifs (C(OH)–C–C–N with tert-alkyl or cyclic N) is 1. The Balaban J connectivity index is 1.52. The standard InChI is InChI=1S/C22H25NO4/c1-25-21-10-7-18(8-11-21)6-9-19-4-2-3-5-22(19)27-17-20(24)16-23-12-14-26-15-13-23/h2-5,7-8,10-15,20,24H,6,9,16-17H2,1H3/t20-/m0/s1. The van der Waals surface area contributed by atoms with E-state index >= 15 is 0 Å². The zero-order chi connectivity index (χ0) is 18.9. The second-order valence-electron chi connectivity index (χ2n) is 6.32. The maximum Gasteiger partial charge on any atom is 0.122 e. The van der Waals surface area contributed by atoms with Gasteiger partial charge in [0.2, 0.25) is 0 Å². The van der Waals surface area contributed by atoms with E-state index < -0.39 is 6.10 Å². The van der Waals surface area contributed by atoms with E-state index in [2.05, 4.69) is 18.2 Å². The van der Waals surface area contributed by atoms with Crippen molar-refractivity contribution in [3.63, 3.8) is 0 Å². The van der Waals surface area contributed by atoms with Crippen LogP contribution in [0, 0.1) is 0 Å². The summed E-state index contributed by atoms with van der Waals surface area (Å²) in [6.07, 6.45) is 7.86. The third-order valence-corrected chi connectivity index (χ3v) is 4.33. The van der Waals surface area contributed by atoms with Crippen molar-refractivity contribution in [3.05, 3.63) is 84.6 Å². The third kappa shape index (κ3) is 5.79. The van der Waals surface area contributed by atoms with Gasteiger partial charge >= 0.3 is 0 Å². The maximum absolute atomic E-state index is 10.2. The summed E-state index contributed by atoms with van der Waals surface area (Å²) >= 11 is 0. The first kappa shape index (κ1) is 18.9. The maximum atomic E-state index is 10.2. The van der Waals surface area contributed by atoms with Crippen LogP contribution in [0.25, 0.3) is 0 Å². The van der Waals surface area contributed by atoms with E-state index in [-0.39, 0.29) is 6.61 Å². The van der Waals surface area contributed by atoms with Crippen molar-refractivity contribution in [2.24, 2.45) is 0 Å². The second-order valence-corrected chi connectivity index (χ2v) is 6.32. The quantitative estimate of drug-likeness (QED) is 0.735. The molecule has 5 heteroatoms. The summed E-state index contributed by atoms with van der Waals surface area (Å²) in [4.78, 5) is 1.85. The average molecular weight is 367 g/mol. The molecule has 5 nitrogen and oxygen atoms in total. The Morgan fingerprint density at radius 1 is 1.00 bits per heavy atom. The van der Waals surface area contributed by atoms with Gasteiger partial charge in [-0.05, 0) is 42.2 Å². The number of ether oxygens (including phenoxy) is 3. The van der Waals surface area contributed by atoms with E-state index in [0.717, 1.165) is 29.9 Å². The van der Waals surface area contributed by atoms with Gasteiger partial charge in [0.1, 0.15) is 36.7 Å². The summed E-state index contributed by atoms with van der Waals surface area (Å²) in [7, 11) is 1.67. The zero-order valence-electron chi connectivity index (χ0n) is 15.5. The summed E-state index contributed by atoms with van der Waals surface area (Å²) < 4.78 is 16.1. The Labute approximate surface area is 160 Å². The first-order valence-corrected chi connectivity index (χ1v) is 9.01. The van der Waals surface area contributed by atoms with Gasteiger partial charge in [-0.2, -0.15) is 0 Å². The Hall–Kier alpha value is -2.92. The van der Waals surface area contributed by atoms with E-state index in [1.54, 1.807) is 32.0 Å². The largest absolute Gasteiger partial charge is 0.497 e. The molecule has 0 unspecified atom stereocenters. The first-order chi connectivity index (χ1) is 13.2. The van der Waals surface area contributed by atoms with Crippen LogP contribution in [0.4, 0.5) is 0 Å². The lowest BCUT2D eigenvalue weighted by molar-refractivity contribution is 0.0888. The van der Waals surface area contributed by atoms with Crippen molar-refractivity contribution in [2.75, 3.05) is 20.3 Å². The van der Waals surface area contributed by atoms with Crippen molar-refractivity contribution in [1.29, 1.82) is 0 Å². The lowest BCUT2D eigenvalue weighted by Gasteiger charge is -2.21. The molecule has 0 saturated heterocycles.